The van der Waals surface area contributed by atoms with Gasteiger partial charge in [-0.15, -0.1) is 0 Å². The number of hydrogen-bond donors (Lipinski definition) is 0. The molecule has 4 rings (SSSR count). The Kier molecular flexibility index (Phi) is 5.87. The molecular formula is C21H20N4O5S2. The van der Waals surface area contributed by atoms with Gasteiger partial charge in [0.05, 0.1) is 4.90 Å². The van der Waals surface area contributed by atoms with Crippen LogP contribution in [0.2, 0.25) is 0 Å². The Hall–Kier alpha value is -3.04. The fourth-order valence-corrected chi connectivity index (χ4v) is 6.20. The molecule has 0 N–H and O–H groups in total. The summed E-state index contributed by atoms with van der Waals surface area (Å²) in [5, 5.41) is 8.86. The van der Waals surface area contributed by atoms with Gasteiger partial charge in [-0.05, 0) is 31.2 Å². The van der Waals surface area contributed by atoms with Crippen molar-refractivity contribution in [2.45, 2.75) is 16.9 Å². The van der Waals surface area contributed by atoms with Crippen LogP contribution >= 0.6 is 0 Å². The molecule has 32 heavy (non-hydrogen) atoms. The molecule has 0 radical (unpaired) electrons. The summed E-state index contributed by atoms with van der Waals surface area (Å²) in [6.45, 7) is 1.69. The molecule has 0 bridgehead atoms. The average Bonchev–Trinajstić information content (AvgIpc) is 3.26. The van der Waals surface area contributed by atoms with Gasteiger partial charge in [0.1, 0.15) is 6.07 Å². The summed E-state index contributed by atoms with van der Waals surface area (Å²) in [7, 11) is -7.90. The first kappa shape index (κ1) is 22.2. The van der Waals surface area contributed by atoms with Gasteiger partial charge in [0, 0.05) is 31.7 Å². The number of aryl methyl sites for hydroxylation is 1. The van der Waals surface area contributed by atoms with Crippen LogP contribution in [0.15, 0.2) is 69.0 Å². The van der Waals surface area contributed by atoms with E-state index in [4.69, 9.17) is 4.42 Å². The van der Waals surface area contributed by atoms with Crippen molar-refractivity contribution in [1.29, 1.82) is 5.26 Å². The molecule has 1 aliphatic rings. The summed E-state index contributed by atoms with van der Waals surface area (Å²) in [6, 6.07) is 16.9. The van der Waals surface area contributed by atoms with Gasteiger partial charge in [0.15, 0.2) is 5.69 Å². The average molecular weight is 473 g/mol. The van der Waals surface area contributed by atoms with E-state index >= 15 is 0 Å². The third kappa shape index (κ3) is 4.05. The topological polar surface area (TPSA) is 125 Å². The molecule has 3 aromatic rings. The van der Waals surface area contributed by atoms with Crippen molar-refractivity contribution in [2.24, 2.45) is 0 Å². The van der Waals surface area contributed by atoms with Crippen LogP contribution in [0.4, 0.5) is 0 Å². The SMILES string of the molecule is Cc1ccc(S(=O)(=O)N2CCN(S(=O)(=O)c3oc(-c4ccccc4)nc3C#N)CC2)cc1. The molecule has 0 spiro atoms. The van der Waals surface area contributed by atoms with Crippen LogP contribution in [-0.2, 0) is 20.0 Å². The van der Waals surface area contributed by atoms with Gasteiger partial charge < -0.3 is 4.42 Å². The summed E-state index contributed by atoms with van der Waals surface area (Å²) in [4.78, 5) is 4.18. The van der Waals surface area contributed by atoms with E-state index in [-0.39, 0.29) is 42.7 Å². The van der Waals surface area contributed by atoms with Crippen molar-refractivity contribution >= 4 is 20.0 Å². The fourth-order valence-electron chi connectivity index (χ4n) is 3.38. The largest absolute Gasteiger partial charge is 0.422 e. The summed E-state index contributed by atoms with van der Waals surface area (Å²) in [5.74, 6) is 0.0290. The third-order valence-corrected chi connectivity index (χ3v) is 8.86. The Labute approximate surface area is 186 Å². The summed E-state index contributed by atoms with van der Waals surface area (Å²) >= 11 is 0. The number of hydrogen-bond acceptors (Lipinski definition) is 7. The van der Waals surface area contributed by atoms with E-state index in [2.05, 4.69) is 4.98 Å². The first-order valence-corrected chi connectivity index (χ1v) is 12.6. The Balaban J connectivity index is 1.55. The Morgan fingerprint density at radius 2 is 1.44 bits per heavy atom. The molecule has 11 heteroatoms. The lowest BCUT2D eigenvalue weighted by molar-refractivity contribution is 0.268. The molecule has 2 heterocycles. The van der Waals surface area contributed by atoms with Crippen molar-refractivity contribution in [2.75, 3.05) is 26.2 Å². The molecule has 166 valence electrons. The molecule has 0 unspecified atom stereocenters. The highest BCUT2D eigenvalue weighted by atomic mass is 32.2. The number of nitriles is 1. The second-order valence-electron chi connectivity index (χ2n) is 7.25. The van der Waals surface area contributed by atoms with Gasteiger partial charge in [0.25, 0.3) is 15.1 Å². The van der Waals surface area contributed by atoms with Crippen LogP contribution in [0.1, 0.15) is 11.3 Å². The van der Waals surface area contributed by atoms with Crippen LogP contribution < -0.4 is 0 Å². The molecule has 0 aliphatic carbocycles. The normalized spacial score (nSPS) is 16.0. The van der Waals surface area contributed by atoms with Gasteiger partial charge in [-0.3, -0.25) is 0 Å². The lowest BCUT2D eigenvalue weighted by Crippen LogP contribution is -2.50. The summed E-state index contributed by atoms with van der Waals surface area (Å²) in [5.41, 5.74) is 1.15. The number of piperazine rings is 1. The van der Waals surface area contributed by atoms with Crippen molar-refractivity contribution in [1.82, 2.24) is 13.6 Å². The predicted molar refractivity (Wildman–Crippen MR) is 115 cm³/mol. The van der Waals surface area contributed by atoms with E-state index in [1.165, 1.54) is 16.4 Å². The van der Waals surface area contributed by atoms with Crippen LogP contribution in [-0.4, -0.2) is 56.6 Å². The zero-order valence-electron chi connectivity index (χ0n) is 17.2. The second kappa shape index (κ2) is 8.48. The molecule has 1 saturated heterocycles. The number of nitrogens with zero attached hydrogens (tertiary/aromatic N) is 4. The summed E-state index contributed by atoms with van der Waals surface area (Å²) < 4.78 is 59.9. The van der Waals surface area contributed by atoms with Crippen molar-refractivity contribution in [3.05, 3.63) is 65.9 Å². The Bertz CT molecular complexity index is 1370. The van der Waals surface area contributed by atoms with Gasteiger partial charge in [-0.1, -0.05) is 35.9 Å². The highest BCUT2D eigenvalue weighted by molar-refractivity contribution is 7.89. The zero-order valence-corrected chi connectivity index (χ0v) is 18.8. The maximum Gasteiger partial charge on any atom is 0.279 e. The van der Waals surface area contributed by atoms with Crippen LogP contribution in [0, 0.1) is 18.3 Å². The monoisotopic (exact) mass is 472 g/mol. The minimum Gasteiger partial charge on any atom is -0.422 e. The molecule has 2 aromatic carbocycles. The van der Waals surface area contributed by atoms with Gasteiger partial charge >= 0.3 is 0 Å². The van der Waals surface area contributed by atoms with Crippen molar-refractivity contribution < 1.29 is 21.3 Å². The van der Waals surface area contributed by atoms with E-state index in [9.17, 15) is 22.1 Å². The Morgan fingerprint density at radius 1 is 0.875 bits per heavy atom. The van der Waals surface area contributed by atoms with E-state index in [0.717, 1.165) is 9.87 Å². The molecule has 0 saturated carbocycles. The van der Waals surface area contributed by atoms with Gasteiger partial charge in [0.2, 0.25) is 15.9 Å². The lowest BCUT2D eigenvalue weighted by Gasteiger charge is -2.32. The van der Waals surface area contributed by atoms with Crippen LogP contribution in [0.3, 0.4) is 0 Å². The first-order valence-electron chi connectivity index (χ1n) is 9.77. The van der Waals surface area contributed by atoms with E-state index in [1.54, 1.807) is 48.5 Å². The first-order chi connectivity index (χ1) is 15.2. The second-order valence-corrected chi connectivity index (χ2v) is 11.0. The predicted octanol–water partition coefficient (Wildman–Crippen LogP) is 2.22. The fraction of sp³-hybridized carbons (Fsp3) is 0.238. The van der Waals surface area contributed by atoms with Gasteiger partial charge in [-0.25, -0.2) is 16.8 Å². The number of aromatic nitrogens is 1. The van der Waals surface area contributed by atoms with E-state index in [1.807, 2.05) is 6.92 Å². The maximum atomic E-state index is 13.1. The number of oxazole rings is 1. The zero-order chi connectivity index (χ0) is 22.9. The quantitative estimate of drug-likeness (QED) is 0.557. The molecule has 0 amide bonds. The standard InChI is InChI=1S/C21H20N4O5S2/c1-16-7-9-18(10-8-16)31(26,27)24-11-13-25(14-12-24)32(28,29)21-19(15-22)23-20(30-21)17-5-3-2-4-6-17/h2-10H,11-14H2,1H3. The molecule has 1 fully saturated rings. The number of benzene rings is 2. The van der Waals surface area contributed by atoms with Crippen LogP contribution in [0.5, 0.6) is 0 Å². The minimum atomic E-state index is -4.17. The van der Waals surface area contributed by atoms with Gasteiger partial charge in [-0.2, -0.15) is 18.9 Å². The third-order valence-electron chi connectivity index (χ3n) is 5.15. The lowest BCUT2D eigenvalue weighted by atomic mass is 10.2. The van der Waals surface area contributed by atoms with Crippen LogP contribution in [0.25, 0.3) is 11.5 Å². The minimum absolute atomic E-state index is 0.0169. The maximum absolute atomic E-state index is 13.1. The highest BCUT2D eigenvalue weighted by Gasteiger charge is 2.37. The Morgan fingerprint density at radius 3 is 2.00 bits per heavy atom. The molecule has 0 atom stereocenters. The van der Waals surface area contributed by atoms with Crippen molar-refractivity contribution in [3.8, 4) is 17.5 Å². The molecule has 1 aliphatic heterocycles. The van der Waals surface area contributed by atoms with E-state index < -0.39 is 25.1 Å². The number of rotatable bonds is 5. The molecule has 1 aromatic heterocycles. The molecule has 9 nitrogen and oxygen atoms in total. The number of sulfonamides is 2. The highest BCUT2D eigenvalue weighted by Crippen LogP contribution is 2.28. The summed E-state index contributed by atoms with van der Waals surface area (Å²) in [6.07, 6.45) is 0. The molecular weight excluding hydrogens is 452 g/mol. The van der Waals surface area contributed by atoms with Crippen molar-refractivity contribution in [3.63, 3.8) is 0 Å². The van der Waals surface area contributed by atoms with E-state index in [0.29, 0.717) is 5.56 Å². The smallest absolute Gasteiger partial charge is 0.279 e.